The molecule has 21 heavy (non-hydrogen) atoms. The summed E-state index contributed by atoms with van der Waals surface area (Å²) in [6.45, 7) is 2.89. The third-order valence-electron chi connectivity index (χ3n) is 2.98. The Morgan fingerprint density at radius 1 is 1.29 bits per heavy atom. The third-order valence-corrected chi connectivity index (χ3v) is 2.98. The van der Waals surface area contributed by atoms with Gasteiger partial charge in [0.1, 0.15) is 0 Å². The molecule has 5 heteroatoms. The average molecular weight is 290 g/mol. The van der Waals surface area contributed by atoms with Gasteiger partial charge in [0.2, 0.25) is 0 Å². The number of carbonyl (C=O) groups is 2. The van der Waals surface area contributed by atoms with Crippen LogP contribution in [0.2, 0.25) is 0 Å². The van der Waals surface area contributed by atoms with Crippen LogP contribution in [0.3, 0.4) is 0 Å². The molecule has 0 heterocycles. The number of carboxylic acid groups (broad SMARTS) is 1. The molecule has 1 aromatic carbocycles. The second kappa shape index (κ2) is 8.21. The summed E-state index contributed by atoms with van der Waals surface area (Å²) < 4.78 is 0. The van der Waals surface area contributed by atoms with Crippen molar-refractivity contribution < 1.29 is 14.7 Å². The molecule has 0 aromatic heterocycles. The van der Waals surface area contributed by atoms with Crippen molar-refractivity contribution >= 4 is 18.0 Å². The van der Waals surface area contributed by atoms with Crippen LogP contribution in [0.5, 0.6) is 0 Å². The fourth-order valence-electron chi connectivity index (χ4n) is 1.74. The Kier molecular flexibility index (Phi) is 6.62. The smallest absolute Gasteiger partial charge is 0.328 e. The lowest BCUT2D eigenvalue weighted by Gasteiger charge is -2.16. The maximum absolute atomic E-state index is 12.0. The quantitative estimate of drug-likeness (QED) is 0.752. The maximum Gasteiger partial charge on any atom is 0.328 e. The first-order chi connectivity index (χ1) is 9.88. The van der Waals surface area contributed by atoms with E-state index in [1.165, 1.54) is 6.08 Å². The number of nitrogens with one attached hydrogen (secondary N) is 1. The van der Waals surface area contributed by atoms with Gasteiger partial charge in [-0.1, -0.05) is 12.1 Å². The van der Waals surface area contributed by atoms with Crippen LogP contribution in [0.25, 0.3) is 6.08 Å². The van der Waals surface area contributed by atoms with E-state index in [1.807, 2.05) is 21.0 Å². The van der Waals surface area contributed by atoms with Crippen molar-refractivity contribution in [2.75, 3.05) is 20.6 Å². The lowest BCUT2D eigenvalue weighted by molar-refractivity contribution is -0.131. The maximum atomic E-state index is 12.0. The standard InChI is InChI=1S/C16H22N2O3/c1-12(10-11-18(2)3)17-16(21)14-7-4-13(5-8-14)6-9-15(19)20/h4-9,12H,10-11H2,1-3H3,(H,17,21)(H,19,20). The summed E-state index contributed by atoms with van der Waals surface area (Å²) in [6, 6.07) is 6.93. The van der Waals surface area contributed by atoms with Crippen molar-refractivity contribution in [1.82, 2.24) is 10.2 Å². The minimum absolute atomic E-state index is 0.103. The van der Waals surface area contributed by atoms with Gasteiger partial charge in [0.15, 0.2) is 0 Å². The Morgan fingerprint density at radius 3 is 2.43 bits per heavy atom. The van der Waals surface area contributed by atoms with Crippen LogP contribution in [0.4, 0.5) is 0 Å². The summed E-state index contributed by atoms with van der Waals surface area (Å²) in [6.07, 6.45) is 3.44. The third kappa shape index (κ3) is 6.72. The Morgan fingerprint density at radius 2 is 1.90 bits per heavy atom. The highest BCUT2D eigenvalue weighted by Crippen LogP contribution is 2.07. The van der Waals surface area contributed by atoms with Crippen molar-refractivity contribution in [1.29, 1.82) is 0 Å². The fourth-order valence-corrected chi connectivity index (χ4v) is 1.74. The minimum Gasteiger partial charge on any atom is -0.478 e. The van der Waals surface area contributed by atoms with Gasteiger partial charge in [-0.3, -0.25) is 4.79 Å². The molecule has 0 aliphatic rings. The van der Waals surface area contributed by atoms with E-state index in [2.05, 4.69) is 10.2 Å². The summed E-state index contributed by atoms with van der Waals surface area (Å²) in [5.41, 5.74) is 1.31. The van der Waals surface area contributed by atoms with Crippen molar-refractivity contribution in [2.24, 2.45) is 0 Å². The zero-order valence-electron chi connectivity index (χ0n) is 12.7. The van der Waals surface area contributed by atoms with Gasteiger partial charge < -0.3 is 15.3 Å². The van der Waals surface area contributed by atoms with Crippen LogP contribution in [-0.4, -0.2) is 48.6 Å². The van der Waals surface area contributed by atoms with Crippen molar-refractivity contribution in [3.8, 4) is 0 Å². The second-order valence-corrected chi connectivity index (χ2v) is 5.26. The first-order valence-electron chi connectivity index (χ1n) is 6.85. The Bertz CT molecular complexity index is 507. The second-order valence-electron chi connectivity index (χ2n) is 5.26. The van der Waals surface area contributed by atoms with E-state index in [4.69, 9.17) is 5.11 Å². The molecule has 1 rings (SSSR count). The predicted molar refractivity (Wildman–Crippen MR) is 83.2 cm³/mol. The van der Waals surface area contributed by atoms with E-state index < -0.39 is 5.97 Å². The summed E-state index contributed by atoms with van der Waals surface area (Å²) >= 11 is 0. The van der Waals surface area contributed by atoms with Crippen molar-refractivity contribution in [3.05, 3.63) is 41.5 Å². The number of hydrogen-bond acceptors (Lipinski definition) is 3. The molecule has 5 nitrogen and oxygen atoms in total. The van der Waals surface area contributed by atoms with E-state index in [0.717, 1.165) is 24.6 Å². The van der Waals surface area contributed by atoms with E-state index in [-0.39, 0.29) is 11.9 Å². The fraction of sp³-hybridized carbons (Fsp3) is 0.375. The van der Waals surface area contributed by atoms with E-state index >= 15 is 0 Å². The first kappa shape index (κ1) is 16.9. The van der Waals surface area contributed by atoms with Gasteiger partial charge in [0.05, 0.1) is 0 Å². The van der Waals surface area contributed by atoms with Crippen molar-refractivity contribution in [3.63, 3.8) is 0 Å². The summed E-state index contributed by atoms with van der Waals surface area (Å²) in [5.74, 6) is -1.11. The van der Waals surface area contributed by atoms with Crippen molar-refractivity contribution in [2.45, 2.75) is 19.4 Å². The number of amides is 1. The molecule has 2 N–H and O–H groups in total. The highest BCUT2D eigenvalue weighted by Gasteiger charge is 2.09. The number of aliphatic carboxylic acids is 1. The highest BCUT2D eigenvalue weighted by molar-refractivity contribution is 5.94. The van der Waals surface area contributed by atoms with E-state index in [1.54, 1.807) is 24.3 Å². The molecule has 0 aliphatic heterocycles. The topological polar surface area (TPSA) is 69.6 Å². The molecule has 114 valence electrons. The van der Waals surface area contributed by atoms with Gasteiger partial charge in [0, 0.05) is 17.7 Å². The van der Waals surface area contributed by atoms with Crippen LogP contribution >= 0.6 is 0 Å². The monoisotopic (exact) mass is 290 g/mol. The van der Waals surface area contributed by atoms with Gasteiger partial charge in [-0.15, -0.1) is 0 Å². The van der Waals surface area contributed by atoms with Crippen LogP contribution in [0.15, 0.2) is 30.3 Å². The van der Waals surface area contributed by atoms with E-state index in [9.17, 15) is 9.59 Å². The molecule has 0 bridgehead atoms. The zero-order chi connectivity index (χ0) is 15.8. The predicted octanol–water partition coefficient (Wildman–Crippen LogP) is 1.85. The Balaban J connectivity index is 2.57. The molecule has 1 atom stereocenters. The largest absolute Gasteiger partial charge is 0.478 e. The Hall–Kier alpha value is -2.14. The van der Waals surface area contributed by atoms with Gasteiger partial charge in [-0.05, 0) is 57.8 Å². The van der Waals surface area contributed by atoms with Gasteiger partial charge in [0.25, 0.3) is 5.91 Å². The Labute approximate surface area is 125 Å². The number of nitrogens with zero attached hydrogens (tertiary/aromatic N) is 1. The number of benzene rings is 1. The number of carboxylic acids is 1. The van der Waals surface area contributed by atoms with Gasteiger partial charge in [-0.25, -0.2) is 4.79 Å². The molecular weight excluding hydrogens is 268 g/mol. The molecule has 0 fully saturated rings. The average Bonchev–Trinajstić information content (AvgIpc) is 2.43. The molecule has 0 spiro atoms. The van der Waals surface area contributed by atoms with Crippen LogP contribution < -0.4 is 5.32 Å². The van der Waals surface area contributed by atoms with E-state index in [0.29, 0.717) is 5.56 Å². The number of carbonyl (C=O) groups excluding carboxylic acids is 1. The van der Waals surface area contributed by atoms with Crippen LogP contribution in [-0.2, 0) is 4.79 Å². The highest BCUT2D eigenvalue weighted by atomic mass is 16.4. The van der Waals surface area contributed by atoms with Crippen LogP contribution in [0, 0.1) is 0 Å². The van der Waals surface area contributed by atoms with Gasteiger partial charge >= 0.3 is 5.97 Å². The van der Waals surface area contributed by atoms with Gasteiger partial charge in [-0.2, -0.15) is 0 Å². The summed E-state index contributed by atoms with van der Waals surface area (Å²) in [4.78, 5) is 24.5. The molecule has 0 aliphatic carbocycles. The first-order valence-corrected chi connectivity index (χ1v) is 6.85. The number of rotatable bonds is 7. The molecule has 1 amide bonds. The SMILES string of the molecule is CC(CCN(C)C)NC(=O)c1ccc(C=CC(=O)O)cc1. The molecule has 0 radical (unpaired) electrons. The molecule has 0 saturated heterocycles. The summed E-state index contributed by atoms with van der Waals surface area (Å²) in [5, 5.41) is 11.5. The zero-order valence-corrected chi connectivity index (χ0v) is 12.7. The minimum atomic E-state index is -0.994. The lowest BCUT2D eigenvalue weighted by atomic mass is 10.1. The molecule has 1 unspecified atom stereocenters. The molecule has 0 saturated carbocycles. The lowest BCUT2D eigenvalue weighted by Crippen LogP contribution is -2.34. The molecular formula is C16H22N2O3. The normalized spacial score (nSPS) is 12.6. The van der Waals surface area contributed by atoms with Crippen LogP contribution in [0.1, 0.15) is 29.3 Å². The summed E-state index contributed by atoms with van der Waals surface area (Å²) in [7, 11) is 4.00. The molecule has 1 aromatic rings. The number of hydrogen-bond donors (Lipinski definition) is 2.